The minimum atomic E-state index is -1.10. The largest absolute Gasteiger partial charge is 0.457 e. The molecule has 3 aromatic carbocycles. The Balaban J connectivity index is 1.57. The molecule has 0 aliphatic carbocycles. The van der Waals surface area contributed by atoms with E-state index in [2.05, 4.69) is 10.6 Å². The maximum Gasteiger partial charge on any atom is 0.329 e. The van der Waals surface area contributed by atoms with Crippen LogP contribution >= 0.6 is 23.2 Å². The first-order chi connectivity index (χ1) is 17.1. The zero-order chi connectivity index (χ0) is 26.2. The monoisotopic (exact) mass is 528 g/mol. The van der Waals surface area contributed by atoms with Crippen LogP contribution in [0.4, 0.5) is 5.69 Å². The molecule has 0 bridgehead atoms. The number of benzene rings is 3. The van der Waals surface area contributed by atoms with Crippen LogP contribution in [0.3, 0.4) is 0 Å². The maximum atomic E-state index is 12.8. The Bertz CT molecular complexity index is 1220. The summed E-state index contributed by atoms with van der Waals surface area (Å²) in [5.41, 5.74) is 0.680. The predicted octanol–water partition coefficient (Wildman–Crippen LogP) is 6.11. The highest BCUT2D eigenvalue weighted by atomic mass is 35.5. The second-order valence-corrected chi connectivity index (χ2v) is 9.17. The Kier molecular flexibility index (Phi) is 9.33. The molecule has 188 valence electrons. The van der Waals surface area contributed by atoms with Crippen LogP contribution in [0.2, 0.25) is 10.0 Å². The molecule has 2 atom stereocenters. The van der Waals surface area contributed by atoms with Crippen LogP contribution in [0.15, 0.2) is 72.8 Å². The number of anilines is 1. The second kappa shape index (κ2) is 12.4. The Morgan fingerprint density at radius 3 is 2.08 bits per heavy atom. The smallest absolute Gasteiger partial charge is 0.329 e. The van der Waals surface area contributed by atoms with Gasteiger partial charge in [-0.15, -0.1) is 0 Å². The molecule has 0 aliphatic rings. The maximum absolute atomic E-state index is 12.8. The van der Waals surface area contributed by atoms with Crippen molar-refractivity contribution in [2.45, 2.75) is 32.9 Å². The summed E-state index contributed by atoms with van der Waals surface area (Å²) in [6, 6.07) is 19.5. The normalized spacial score (nSPS) is 12.4. The van der Waals surface area contributed by atoms with Crippen molar-refractivity contribution in [1.29, 1.82) is 0 Å². The van der Waals surface area contributed by atoms with Crippen LogP contribution < -0.4 is 15.4 Å². The third kappa shape index (κ3) is 7.47. The minimum Gasteiger partial charge on any atom is -0.457 e. The molecule has 0 aromatic heterocycles. The highest BCUT2D eigenvalue weighted by Crippen LogP contribution is 2.23. The summed E-state index contributed by atoms with van der Waals surface area (Å²) in [6.07, 6.45) is -1.10. The van der Waals surface area contributed by atoms with Crippen LogP contribution in [0.5, 0.6) is 11.5 Å². The lowest BCUT2D eigenvalue weighted by Gasteiger charge is -2.23. The Morgan fingerprint density at radius 2 is 1.47 bits per heavy atom. The first kappa shape index (κ1) is 27.0. The SMILES string of the molecule is CC(OC(=O)[C@@H](NC(=O)c1ccc(Cl)cc1Cl)C(C)C)C(=O)Nc1ccc(Oc2ccccc2)cc1. The van der Waals surface area contributed by atoms with Gasteiger partial charge in [0.2, 0.25) is 0 Å². The van der Waals surface area contributed by atoms with E-state index in [4.69, 9.17) is 32.7 Å². The van der Waals surface area contributed by atoms with E-state index >= 15 is 0 Å². The molecule has 7 nitrogen and oxygen atoms in total. The molecule has 36 heavy (non-hydrogen) atoms. The lowest BCUT2D eigenvalue weighted by atomic mass is 10.0. The Morgan fingerprint density at radius 1 is 0.833 bits per heavy atom. The molecule has 0 saturated heterocycles. The van der Waals surface area contributed by atoms with Gasteiger partial charge in [-0.25, -0.2) is 4.79 Å². The van der Waals surface area contributed by atoms with Gasteiger partial charge in [0, 0.05) is 10.7 Å². The molecule has 0 radical (unpaired) electrons. The molecule has 9 heteroatoms. The molecule has 0 saturated carbocycles. The molecule has 1 unspecified atom stereocenters. The summed E-state index contributed by atoms with van der Waals surface area (Å²) in [6.45, 7) is 4.95. The second-order valence-electron chi connectivity index (χ2n) is 8.33. The first-order valence-electron chi connectivity index (χ1n) is 11.2. The zero-order valence-electron chi connectivity index (χ0n) is 20.0. The summed E-state index contributed by atoms with van der Waals surface area (Å²) in [7, 11) is 0. The van der Waals surface area contributed by atoms with Crippen molar-refractivity contribution < 1.29 is 23.9 Å². The first-order valence-corrected chi connectivity index (χ1v) is 12.0. The summed E-state index contributed by atoms with van der Waals surface area (Å²) in [4.78, 5) is 38.1. The Labute approximate surface area is 219 Å². The molecule has 0 heterocycles. The molecular formula is C27H26Cl2N2O5. The van der Waals surface area contributed by atoms with E-state index in [0.29, 0.717) is 22.2 Å². The van der Waals surface area contributed by atoms with Crippen molar-refractivity contribution in [3.05, 3.63) is 88.4 Å². The molecule has 2 amide bonds. The van der Waals surface area contributed by atoms with Gasteiger partial charge in [0.15, 0.2) is 6.10 Å². The zero-order valence-corrected chi connectivity index (χ0v) is 21.5. The van der Waals surface area contributed by atoms with Crippen molar-refractivity contribution in [3.8, 4) is 11.5 Å². The van der Waals surface area contributed by atoms with E-state index < -0.39 is 29.9 Å². The number of esters is 1. The molecule has 0 spiro atoms. The van der Waals surface area contributed by atoms with Crippen molar-refractivity contribution >= 4 is 46.7 Å². The number of amides is 2. The van der Waals surface area contributed by atoms with Crippen LogP contribution in [-0.2, 0) is 14.3 Å². The quantitative estimate of drug-likeness (QED) is 0.326. The summed E-state index contributed by atoms with van der Waals surface area (Å²) in [5.74, 6) is -0.815. The number of hydrogen-bond acceptors (Lipinski definition) is 5. The fraction of sp³-hybridized carbons (Fsp3) is 0.222. The molecular weight excluding hydrogens is 503 g/mol. The number of carbonyl (C=O) groups is 3. The van der Waals surface area contributed by atoms with E-state index in [1.54, 1.807) is 38.1 Å². The predicted molar refractivity (Wildman–Crippen MR) is 140 cm³/mol. The number of halogens is 2. The third-order valence-corrected chi connectivity index (χ3v) is 5.69. The van der Waals surface area contributed by atoms with Crippen molar-refractivity contribution in [3.63, 3.8) is 0 Å². The van der Waals surface area contributed by atoms with E-state index in [-0.39, 0.29) is 16.5 Å². The summed E-state index contributed by atoms with van der Waals surface area (Å²) in [5, 5.41) is 5.86. The van der Waals surface area contributed by atoms with Gasteiger partial charge < -0.3 is 20.1 Å². The number of carbonyl (C=O) groups excluding carboxylic acids is 3. The highest BCUT2D eigenvalue weighted by Gasteiger charge is 2.29. The topological polar surface area (TPSA) is 93.7 Å². The van der Waals surface area contributed by atoms with Crippen LogP contribution in [0.1, 0.15) is 31.1 Å². The van der Waals surface area contributed by atoms with E-state index in [0.717, 1.165) is 0 Å². The van der Waals surface area contributed by atoms with E-state index in [1.807, 2.05) is 30.3 Å². The van der Waals surface area contributed by atoms with Gasteiger partial charge in [-0.2, -0.15) is 0 Å². The minimum absolute atomic E-state index is 0.156. The number of nitrogens with one attached hydrogen (secondary N) is 2. The number of hydrogen-bond donors (Lipinski definition) is 2. The van der Waals surface area contributed by atoms with E-state index in [9.17, 15) is 14.4 Å². The standard InChI is InChI=1S/C27H26Cl2N2O5/c1-16(2)24(31-26(33)22-14-9-18(28)15-23(22)29)27(34)35-17(3)25(32)30-19-10-12-21(13-11-19)36-20-7-5-4-6-8-20/h4-17,24H,1-3H3,(H,30,32)(H,31,33)/t17?,24-/m0/s1. The Hall–Kier alpha value is -3.55. The van der Waals surface area contributed by atoms with Gasteiger partial charge >= 0.3 is 5.97 Å². The van der Waals surface area contributed by atoms with Gasteiger partial charge in [0.05, 0.1) is 10.6 Å². The average molecular weight is 529 g/mol. The molecule has 0 fully saturated rings. The molecule has 3 rings (SSSR count). The fourth-order valence-corrected chi connectivity index (χ4v) is 3.66. The van der Waals surface area contributed by atoms with Gasteiger partial charge in [-0.3, -0.25) is 9.59 Å². The van der Waals surface area contributed by atoms with Crippen molar-refractivity contribution in [2.75, 3.05) is 5.32 Å². The summed E-state index contributed by atoms with van der Waals surface area (Å²) >= 11 is 12.0. The van der Waals surface area contributed by atoms with Crippen LogP contribution in [-0.4, -0.2) is 29.9 Å². The van der Waals surface area contributed by atoms with Gasteiger partial charge in [-0.05, 0) is 67.4 Å². The van der Waals surface area contributed by atoms with Crippen LogP contribution in [0, 0.1) is 5.92 Å². The number of ether oxygens (including phenoxy) is 2. The van der Waals surface area contributed by atoms with E-state index in [1.165, 1.54) is 25.1 Å². The van der Waals surface area contributed by atoms with Gasteiger partial charge in [0.25, 0.3) is 11.8 Å². The lowest BCUT2D eigenvalue weighted by molar-refractivity contribution is -0.156. The number of para-hydroxylation sites is 1. The van der Waals surface area contributed by atoms with Crippen molar-refractivity contribution in [2.24, 2.45) is 5.92 Å². The highest BCUT2D eigenvalue weighted by molar-refractivity contribution is 6.36. The molecule has 0 aliphatic heterocycles. The fourth-order valence-electron chi connectivity index (χ4n) is 3.17. The third-order valence-electron chi connectivity index (χ3n) is 5.15. The van der Waals surface area contributed by atoms with Gasteiger partial charge in [0.1, 0.15) is 17.5 Å². The average Bonchev–Trinajstić information content (AvgIpc) is 2.84. The molecule has 2 N–H and O–H groups in total. The number of rotatable bonds is 9. The van der Waals surface area contributed by atoms with Crippen LogP contribution in [0.25, 0.3) is 0 Å². The van der Waals surface area contributed by atoms with Gasteiger partial charge in [-0.1, -0.05) is 55.2 Å². The molecule has 3 aromatic rings. The van der Waals surface area contributed by atoms with Crippen molar-refractivity contribution in [1.82, 2.24) is 5.32 Å². The lowest BCUT2D eigenvalue weighted by Crippen LogP contribution is -2.47. The summed E-state index contributed by atoms with van der Waals surface area (Å²) < 4.78 is 11.1.